The Kier molecular flexibility index (Phi) is 4.08. The minimum Gasteiger partial charge on any atom is -0.352 e. The molecule has 1 aromatic heterocycles. The number of rotatable bonds is 3. The zero-order chi connectivity index (χ0) is 18.7. The molecule has 142 valence electrons. The van der Waals surface area contributed by atoms with Crippen molar-refractivity contribution in [1.29, 1.82) is 0 Å². The minimum atomic E-state index is -4.44. The average Bonchev–Trinajstić information content (AvgIpc) is 2.56. The number of halogens is 3. The van der Waals surface area contributed by atoms with Crippen molar-refractivity contribution in [3.63, 3.8) is 0 Å². The molecule has 0 atom stereocenters. The summed E-state index contributed by atoms with van der Waals surface area (Å²) in [4.78, 5) is 17.1. The van der Waals surface area contributed by atoms with Gasteiger partial charge in [-0.3, -0.25) is 9.78 Å². The topological polar surface area (TPSA) is 42.0 Å². The zero-order valence-corrected chi connectivity index (χ0v) is 15.1. The first-order chi connectivity index (χ1) is 12.1. The Balaban J connectivity index is 1.52. The fourth-order valence-corrected chi connectivity index (χ4v) is 5.56. The molecule has 26 heavy (non-hydrogen) atoms. The first-order valence-corrected chi connectivity index (χ1v) is 9.49. The molecular weight excluding hydrogens is 341 g/mol. The largest absolute Gasteiger partial charge is 0.416 e. The summed E-state index contributed by atoms with van der Waals surface area (Å²) in [7, 11) is 0. The number of aromatic nitrogens is 1. The van der Waals surface area contributed by atoms with Gasteiger partial charge in [0, 0.05) is 12.2 Å². The van der Waals surface area contributed by atoms with E-state index in [0.717, 1.165) is 30.2 Å². The van der Waals surface area contributed by atoms with Crippen LogP contribution in [0.25, 0.3) is 0 Å². The highest BCUT2D eigenvalue weighted by atomic mass is 19.4. The minimum absolute atomic E-state index is 0.161. The Bertz CT molecular complexity index is 685. The highest BCUT2D eigenvalue weighted by molar-refractivity contribution is 5.87. The van der Waals surface area contributed by atoms with Crippen LogP contribution in [0, 0.1) is 23.7 Å². The summed E-state index contributed by atoms with van der Waals surface area (Å²) in [6.07, 6.45) is 2.76. The molecule has 0 aliphatic heterocycles. The lowest BCUT2D eigenvalue weighted by Crippen LogP contribution is -2.58. The molecule has 1 aromatic rings. The van der Waals surface area contributed by atoms with Crippen molar-refractivity contribution in [2.24, 2.45) is 23.7 Å². The van der Waals surface area contributed by atoms with Crippen LogP contribution in [-0.2, 0) is 16.4 Å². The van der Waals surface area contributed by atoms with Gasteiger partial charge in [0.1, 0.15) is 0 Å². The second-order valence-electron chi connectivity index (χ2n) is 8.98. The predicted molar refractivity (Wildman–Crippen MR) is 91.2 cm³/mol. The summed E-state index contributed by atoms with van der Waals surface area (Å²) in [5.74, 6) is 2.45. The van der Waals surface area contributed by atoms with Gasteiger partial charge in [-0.15, -0.1) is 0 Å². The van der Waals surface area contributed by atoms with Crippen molar-refractivity contribution >= 4 is 5.91 Å². The Hall–Kier alpha value is -1.59. The quantitative estimate of drug-likeness (QED) is 0.866. The third kappa shape index (κ3) is 3.01. The monoisotopic (exact) mass is 366 g/mol. The fraction of sp³-hybridized carbons (Fsp3) is 0.700. The average molecular weight is 366 g/mol. The molecule has 0 saturated heterocycles. The van der Waals surface area contributed by atoms with Gasteiger partial charge in [-0.1, -0.05) is 0 Å². The third-order valence-corrected chi connectivity index (χ3v) is 6.82. The molecule has 0 radical (unpaired) electrons. The van der Waals surface area contributed by atoms with Gasteiger partial charge in [0.2, 0.25) is 5.91 Å². The first-order valence-electron chi connectivity index (χ1n) is 9.49. The van der Waals surface area contributed by atoms with Crippen molar-refractivity contribution in [1.82, 2.24) is 10.3 Å². The van der Waals surface area contributed by atoms with Crippen molar-refractivity contribution in [3.05, 3.63) is 29.6 Å². The Morgan fingerprint density at radius 3 is 2.19 bits per heavy atom. The number of carbonyl (C=O) groups excluding carboxylic acids is 1. The molecule has 3 nitrogen and oxygen atoms in total. The van der Waals surface area contributed by atoms with E-state index in [0.29, 0.717) is 11.8 Å². The van der Waals surface area contributed by atoms with Crippen molar-refractivity contribution < 1.29 is 18.0 Å². The highest BCUT2D eigenvalue weighted by Gasteiger charge is 2.49. The van der Waals surface area contributed by atoms with Gasteiger partial charge in [-0.2, -0.15) is 13.2 Å². The second kappa shape index (κ2) is 5.96. The van der Waals surface area contributed by atoms with Crippen LogP contribution >= 0.6 is 0 Å². The molecule has 4 aliphatic carbocycles. The van der Waals surface area contributed by atoms with Gasteiger partial charge in [-0.25, -0.2) is 0 Å². The van der Waals surface area contributed by atoms with Gasteiger partial charge in [-0.05, 0) is 81.8 Å². The number of pyridine rings is 1. The summed E-state index contributed by atoms with van der Waals surface area (Å²) >= 11 is 0. The van der Waals surface area contributed by atoms with Crippen LogP contribution in [0.4, 0.5) is 13.2 Å². The van der Waals surface area contributed by atoms with E-state index in [9.17, 15) is 18.0 Å². The summed E-state index contributed by atoms with van der Waals surface area (Å²) in [6.45, 7) is 3.31. The second-order valence-corrected chi connectivity index (χ2v) is 8.98. The number of nitrogens with zero attached hydrogens (tertiary/aromatic N) is 1. The smallest absolute Gasteiger partial charge is 0.352 e. The number of alkyl halides is 3. The number of hydrogen-bond donors (Lipinski definition) is 1. The fourth-order valence-electron chi connectivity index (χ4n) is 5.56. The van der Waals surface area contributed by atoms with Crippen molar-refractivity contribution in [2.75, 3.05) is 0 Å². The lowest BCUT2D eigenvalue weighted by molar-refractivity contribution is -0.138. The van der Waals surface area contributed by atoms with E-state index in [1.807, 2.05) is 0 Å². The van der Waals surface area contributed by atoms with Crippen LogP contribution in [0.1, 0.15) is 57.2 Å². The summed E-state index contributed by atoms with van der Waals surface area (Å²) in [6, 6.07) is 2.10. The van der Waals surface area contributed by atoms with Gasteiger partial charge < -0.3 is 5.32 Å². The van der Waals surface area contributed by atoms with Gasteiger partial charge in [0.05, 0.1) is 16.7 Å². The molecule has 1 N–H and O–H groups in total. The lowest BCUT2D eigenvalue weighted by Gasteiger charge is -2.54. The van der Waals surface area contributed by atoms with Crippen LogP contribution < -0.4 is 5.32 Å². The molecule has 4 bridgehead atoms. The molecule has 1 heterocycles. The van der Waals surface area contributed by atoms with Crippen LogP contribution in [0.5, 0.6) is 0 Å². The number of hydrogen-bond acceptors (Lipinski definition) is 2. The maximum absolute atomic E-state index is 13.0. The first kappa shape index (κ1) is 17.8. The van der Waals surface area contributed by atoms with E-state index in [4.69, 9.17) is 0 Å². The highest BCUT2D eigenvalue weighted by Crippen LogP contribution is 2.53. The van der Waals surface area contributed by atoms with Crippen LogP contribution in [0.2, 0.25) is 0 Å². The maximum atomic E-state index is 13.0. The molecule has 4 fully saturated rings. The van der Waals surface area contributed by atoms with Crippen LogP contribution in [0.15, 0.2) is 18.3 Å². The van der Waals surface area contributed by atoms with Crippen molar-refractivity contribution in [3.8, 4) is 0 Å². The molecule has 5 rings (SSSR count). The Morgan fingerprint density at radius 2 is 1.65 bits per heavy atom. The summed E-state index contributed by atoms with van der Waals surface area (Å²) in [5, 5.41) is 3.20. The number of amides is 1. The third-order valence-electron chi connectivity index (χ3n) is 6.82. The van der Waals surface area contributed by atoms with Gasteiger partial charge in [0.15, 0.2) is 0 Å². The van der Waals surface area contributed by atoms with E-state index in [-0.39, 0.29) is 17.6 Å². The summed E-state index contributed by atoms with van der Waals surface area (Å²) < 4.78 is 39.0. The molecule has 4 aliphatic rings. The number of carbonyl (C=O) groups is 1. The Morgan fingerprint density at radius 1 is 1.08 bits per heavy atom. The standard InChI is InChI=1S/C20H25F3N2O/c1-19(2,16-10-15(3-4-24-16)20(21,22)23)18(26)25-17-13-6-11-5-12(8-13)9-14(17)7-11/h3-4,10-14,17H,5-9H2,1-2H3,(H,25,26). The molecule has 1 amide bonds. The normalized spacial score (nSPS) is 33.3. The SMILES string of the molecule is CC(C)(C(=O)NC1C2CC3CC(C2)CC1C3)c1cc(C(F)(F)F)ccn1. The predicted octanol–water partition coefficient (Wildman–Crippen LogP) is 4.32. The van der Waals surface area contributed by atoms with E-state index in [1.54, 1.807) is 13.8 Å². The van der Waals surface area contributed by atoms with E-state index < -0.39 is 17.2 Å². The lowest BCUT2D eigenvalue weighted by atomic mass is 9.54. The number of nitrogens with one attached hydrogen (secondary N) is 1. The molecule has 4 saturated carbocycles. The molecule has 0 unspecified atom stereocenters. The zero-order valence-electron chi connectivity index (χ0n) is 15.1. The van der Waals surface area contributed by atoms with Gasteiger partial charge >= 0.3 is 6.18 Å². The molecule has 0 aromatic carbocycles. The van der Waals surface area contributed by atoms with Crippen LogP contribution in [0.3, 0.4) is 0 Å². The molecule has 0 spiro atoms. The maximum Gasteiger partial charge on any atom is 0.416 e. The van der Waals surface area contributed by atoms with Gasteiger partial charge in [0.25, 0.3) is 0 Å². The van der Waals surface area contributed by atoms with Crippen molar-refractivity contribution in [2.45, 2.75) is 63.6 Å². The summed E-state index contributed by atoms with van der Waals surface area (Å²) in [5.41, 5.74) is -1.71. The van der Waals surface area contributed by atoms with Crippen LogP contribution in [-0.4, -0.2) is 16.9 Å². The Labute approximate surface area is 151 Å². The van der Waals surface area contributed by atoms with E-state index in [1.165, 1.54) is 32.1 Å². The molecule has 6 heteroatoms. The van der Waals surface area contributed by atoms with E-state index >= 15 is 0 Å². The molecular formula is C20H25F3N2O. The van der Waals surface area contributed by atoms with E-state index in [2.05, 4.69) is 10.3 Å².